The van der Waals surface area contributed by atoms with Crippen molar-refractivity contribution in [2.45, 2.75) is 0 Å². The van der Waals surface area contributed by atoms with Crippen molar-refractivity contribution < 1.29 is 0 Å². The van der Waals surface area contributed by atoms with Crippen molar-refractivity contribution in [3.05, 3.63) is 0 Å². The highest BCUT2D eigenvalue weighted by Gasteiger charge is 0.882. The van der Waals surface area contributed by atoms with E-state index >= 15 is 0 Å². The number of rotatable bonds is 0. The Kier molecular flexibility index (Phi) is 328. The SMILES string of the molecule is N[SiH3].N[SiH3]. The van der Waals surface area contributed by atoms with E-state index < -0.39 is 0 Å². The first-order chi connectivity index (χ1) is 2.00. The van der Waals surface area contributed by atoms with Gasteiger partial charge in [0, 0.05) is 0 Å². The molecule has 0 saturated carbocycles. The third-order valence-electron chi connectivity index (χ3n) is 0. The second-order valence-corrected chi connectivity index (χ2v) is 0. The second kappa shape index (κ2) is 148. The summed E-state index contributed by atoms with van der Waals surface area (Å²) in [5.41, 5.74) is 0. The predicted molar refractivity (Wildman–Crippen MR) is 28.3 cm³/mol. The zero-order chi connectivity index (χ0) is 4.00. The first-order valence-corrected chi connectivity index (χ1v) is 3.46. The monoisotopic (exact) mass is 94.0 g/mol. The van der Waals surface area contributed by atoms with Gasteiger partial charge in [-0.3, -0.25) is 0 Å². The van der Waals surface area contributed by atoms with Crippen LogP contribution in [0.5, 0.6) is 0 Å². The molecule has 28 valence electrons. The van der Waals surface area contributed by atoms with Crippen LogP contribution in [-0.4, -0.2) is 20.8 Å². The van der Waals surface area contributed by atoms with E-state index in [-0.39, 0.29) is 0 Å². The first-order valence-electron chi connectivity index (χ1n) is 1.15. The van der Waals surface area contributed by atoms with E-state index in [0.717, 1.165) is 20.8 Å². The van der Waals surface area contributed by atoms with Gasteiger partial charge >= 0.3 is 0 Å². The fraction of sp³-hybridized carbons (Fsp3) is 0. The maximum atomic E-state index is 4.64. The van der Waals surface area contributed by atoms with E-state index in [0.29, 0.717) is 0 Å². The summed E-state index contributed by atoms with van der Waals surface area (Å²) >= 11 is 0. The molecule has 0 spiro atoms. The second-order valence-electron chi connectivity index (χ2n) is 0. The molecule has 0 unspecified atom stereocenters. The smallest absolute Gasteiger partial charge is 0.0716 e. The van der Waals surface area contributed by atoms with Crippen LogP contribution >= 0.6 is 0 Å². The summed E-state index contributed by atoms with van der Waals surface area (Å²) in [4.78, 5) is 0. The topological polar surface area (TPSA) is 52.0 Å². The van der Waals surface area contributed by atoms with Gasteiger partial charge in [-0.15, -0.1) is 0 Å². The maximum absolute atomic E-state index is 4.64. The molecule has 0 aliphatic carbocycles. The predicted octanol–water partition coefficient (Wildman–Crippen LogP) is -3.55. The number of nitrogens with two attached hydrogens (primary N) is 2. The summed E-state index contributed by atoms with van der Waals surface area (Å²) in [6, 6.07) is 0. The zero-order valence-corrected chi connectivity index (χ0v) is 7.15. The van der Waals surface area contributed by atoms with Gasteiger partial charge < -0.3 is 10.8 Å². The molecule has 0 aromatic rings. The molecule has 0 fully saturated rings. The molecular formula is H10N2Si2. The highest BCUT2D eigenvalue weighted by atomic mass is 28.2. The van der Waals surface area contributed by atoms with Crippen molar-refractivity contribution in [2.75, 3.05) is 0 Å². The molecule has 0 rings (SSSR count). The Labute approximate surface area is 32.6 Å². The zero-order valence-electron chi connectivity index (χ0n) is 3.15. The third kappa shape index (κ3) is 34.5. The molecular weight excluding hydrogens is 84.2 g/mol. The largest absolute Gasteiger partial charge is 0.358 e. The molecule has 0 heterocycles. The molecule has 0 aliphatic rings. The Hall–Kier alpha value is 0.354. The van der Waals surface area contributed by atoms with Crippen LogP contribution in [0, 0.1) is 0 Å². The van der Waals surface area contributed by atoms with Crippen LogP contribution in [0.3, 0.4) is 0 Å². The Morgan fingerprint density at radius 1 is 0.750 bits per heavy atom. The standard InChI is InChI=1S/2H5NSi/c2*1-2/h2*1H2,2H3. The van der Waals surface area contributed by atoms with Crippen LogP contribution in [0.1, 0.15) is 0 Å². The maximum Gasteiger partial charge on any atom is 0.0716 e. The molecule has 0 aromatic heterocycles. The van der Waals surface area contributed by atoms with Crippen LogP contribution in [0.25, 0.3) is 0 Å². The van der Waals surface area contributed by atoms with Gasteiger partial charge in [0.25, 0.3) is 0 Å². The molecule has 0 aromatic carbocycles. The molecule has 4 heteroatoms. The molecule has 0 saturated heterocycles. The summed E-state index contributed by atoms with van der Waals surface area (Å²) in [5.74, 6) is 0. The van der Waals surface area contributed by atoms with E-state index in [9.17, 15) is 0 Å². The highest BCUT2D eigenvalue weighted by molar-refractivity contribution is 6.02. The van der Waals surface area contributed by atoms with Crippen LogP contribution in [0.2, 0.25) is 0 Å². The number of hydrogen-bond donors (Lipinski definition) is 2. The van der Waals surface area contributed by atoms with E-state index in [4.69, 9.17) is 0 Å². The summed E-state index contributed by atoms with van der Waals surface area (Å²) in [6.45, 7) is 0. The van der Waals surface area contributed by atoms with E-state index in [1.54, 1.807) is 0 Å². The van der Waals surface area contributed by atoms with Crippen molar-refractivity contribution in [2.24, 2.45) is 10.8 Å². The molecule has 4 heavy (non-hydrogen) atoms. The van der Waals surface area contributed by atoms with E-state index in [1.807, 2.05) is 0 Å². The van der Waals surface area contributed by atoms with Crippen molar-refractivity contribution in [3.63, 3.8) is 0 Å². The van der Waals surface area contributed by atoms with Gasteiger partial charge in [-0.1, -0.05) is 0 Å². The van der Waals surface area contributed by atoms with Gasteiger partial charge in [-0.2, -0.15) is 0 Å². The van der Waals surface area contributed by atoms with Gasteiger partial charge in [0.2, 0.25) is 0 Å². The molecule has 0 amide bonds. The van der Waals surface area contributed by atoms with Crippen LogP contribution in [0.4, 0.5) is 0 Å². The van der Waals surface area contributed by atoms with Gasteiger partial charge in [0.05, 0.1) is 20.8 Å². The highest BCUT2D eigenvalue weighted by Crippen LogP contribution is 0.352. The number of hydrogen-bond acceptors (Lipinski definition) is 2. The minimum atomic E-state index is 0.806. The van der Waals surface area contributed by atoms with Crippen molar-refractivity contribution in [1.29, 1.82) is 0 Å². The Morgan fingerprint density at radius 2 is 0.750 bits per heavy atom. The quantitative estimate of drug-likeness (QED) is 0.305. The normalized spacial score (nSPS) is 4.50. The van der Waals surface area contributed by atoms with Gasteiger partial charge in [-0.05, 0) is 0 Å². The van der Waals surface area contributed by atoms with Gasteiger partial charge in [0.15, 0.2) is 0 Å². The molecule has 0 radical (unpaired) electrons. The van der Waals surface area contributed by atoms with Crippen LogP contribution < -0.4 is 10.8 Å². The molecule has 0 bridgehead atoms. The minimum Gasteiger partial charge on any atom is -0.358 e. The molecule has 4 N–H and O–H groups in total. The molecule has 0 atom stereocenters. The fourth-order valence-electron chi connectivity index (χ4n) is 0. The lowest BCUT2D eigenvalue weighted by Crippen LogP contribution is -1.75. The summed E-state index contributed by atoms with van der Waals surface area (Å²) in [5, 5.41) is 9.28. The summed E-state index contributed by atoms with van der Waals surface area (Å²) in [7, 11) is 1.61. The Bertz CT molecular complexity index is 4.00. The molecule has 0 aliphatic heterocycles. The molecule has 2 nitrogen and oxygen atoms in total. The van der Waals surface area contributed by atoms with Crippen LogP contribution in [-0.2, 0) is 0 Å². The first kappa shape index (κ1) is 8.84. The van der Waals surface area contributed by atoms with Gasteiger partial charge in [0.1, 0.15) is 0 Å². The summed E-state index contributed by atoms with van der Waals surface area (Å²) in [6.07, 6.45) is 0. The lowest BCUT2D eigenvalue weighted by molar-refractivity contribution is 2.00. The van der Waals surface area contributed by atoms with Gasteiger partial charge in [-0.25, -0.2) is 0 Å². The third-order valence-corrected chi connectivity index (χ3v) is 0. The lowest BCUT2D eigenvalue weighted by atomic mass is 13.9. The fourth-order valence-corrected chi connectivity index (χ4v) is 0. The lowest BCUT2D eigenvalue weighted by Gasteiger charge is -1.17. The van der Waals surface area contributed by atoms with Crippen molar-refractivity contribution >= 4 is 20.8 Å². The minimum absolute atomic E-state index is 0.806. The Morgan fingerprint density at radius 3 is 0.750 bits per heavy atom. The van der Waals surface area contributed by atoms with Crippen LogP contribution in [0.15, 0.2) is 0 Å². The van der Waals surface area contributed by atoms with E-state index in [1.165, 1.54) is 0 Å². The summed E-state index contributed by atoms with van der Waals surface area (Å²) < 4.78 is 0. The van der Waals surface area contributed by atoms with E-state index in [2.05, 4.69) is 10.8 Å². The average molecular weight is 94.3 g/mol. The average Bonchev–Trinajstić information content (AvgIpc) is 1.50. The Balaban J connectivity index is 0. The van der Waals surface area contributed by atoms with Crippen molar-refractivity contribution in [3.8, 4) is 0 Å². The van der Waals surface area contributed by atoms with Crippen molar-refractivity contribution in [1.82, 2.24) is 0 Å².